The van der Waals surface area contributed by atoms with Crippen molar-refractivity contribution >= 4 is 5.69 Å². The van der Waals surface area contributed by atoms with Gasteiger partial charge in [0.2, 0.25) is 0 Å². The molecule has 1 unspecified atom stereocenters. The van der Waals surface area contributed by atoms with E-state index >= 15 is 0 Å². The summed E-state index contributed by atoms with van der Waals surface area (Å²) in [7, 11) is 0. The summed E-state index contributed by atoms with van der Waals surface area (Å²) in [6.45, 7) is 1.80. The van der Waals surface area contributed by atoms with Crippen LogP contribution < -0.4 is 5.32 Å². The van der Waals surface area contributed by atoms with Crippen molar-refractivity contribution < 1.29 is 13.2 Å². The van der Waals surface area contributed by atoms with Crippen molar-refractivity contribution in [3.63, 3.8) is 0 Å². The van der Waals surface area contributed by atoms with Gasteiger partial charge in [0, 0.05) is 11.9 Å². The van der Waals surface area contributed by atoms with Crippen LogP contribution in [0.4, 0.5) is 18.9 Å². The summed E-state index contributed by atoms with van der Waals surface area (Å²) in [6, 6.07) is 10.2. The fourth-order valence-corrected chi connectivity index (χ4v) is 1.92. The van der Waals surface area contributed by atoms with E-state index < -0.39 is 17.3 Å². The number of nitrogens with one attached hydrogen (secondary N) is 1. The van der Waals surface area contributed by atoms with Gasteiger partial charge in [-0.15, -0.1) is 0 Å². The number of benzene rings is 1. The zero-order chi connectivity index (χ0) is 15.5. The molecule has 1 aromatic carbocycles. The van der Waals surface area contributed by atoms with Crippen LogP contribution in [-0.4, -0.2) is 4.98 Å². The molecule has 0 amide bonds. The maximum Gasteiger partial charge on any atom is 0.417 e. The molecule has 0 aliphatic heterocycles. The van der Waals surface area contributed by atoms with Crippen molar-refractivity contribution in [2.75, 3.05) is 5.32 Å². The highest BCUT2D eigenvalue weighted by Gasteiger charge is 2.33. The van der Waals surface area contributed by atoms with E-state index in [0.29, 0.717) is 5.69 Å². The maximum atomic E-state index is 12.9. The first-order valence-corrected chi connectivity index (χ1v) is 6.20. The molecule has 1 aromatic heterocycles. The molecule has 2 aromatic rings. The molecular formula is C15H12F3N3. The van der Waals surface area contributed by atoms with E-state index in [0.717, 1.165) is 17.8 Å². The molecule has 1 atom stereocenters. The molecule has 0 aliphatic carbocycles. The highest BCUT2D eigenvalue weighted by molar-refractivity contribution is 5.53. The average molecular weight is 291 g/mol. The monoisotopic (exact) mass is 291 g/mol. The van der Waals surface area contributed by atoms with E-state index in [1.807, 2.05) is 0 Å². The number of halogens is 3. The van der Waals surface area contributed by atoms with Gasteiger partial charge in [-0.25, -0.2) is 0 Å². The van der Waals surface area contributed by atoms with Crippen LogP contribution in [0.2, 0.25) is 0 Å². The van der Waals surface area contributed by atoms with Gasteiger partial charge in [-0.1, -0.05) is 6.07 Å². The molecule has 108 valence electrons. The summed E-state index contributed by atoms with van der Waals surface area (Å²) in [6.07, 6.45) is -2.94. The third kappa shape index (κ3) is 3.51. The number of pyridine rings is 1. The number of hydrogen-bond acceptors (Lipinski definition) is 3. The van der Waals surface area contributed by atoms with Crippen LogP contribution in [-0.2, 0) is 6.18 Å². The highest BCUT2D eigenvalue weighted by Crippen LogP contribution is 2.34. The van der Waals surface area contributed by atoms with Gasteiger partial charge in [-0.3, -0.25) is 4.98 Å². The Balaban J connectivity index is 2.28. The van der Waals surface area contributed by atoms with Crippen LogP contribution in [0.3, 0.4) is 0 Å². The minimum Gasteiger partial charge on any atom is -0.377 e. The number of nitriles is 1. The molecule has 6 heteroatoms. The van der Waals surface area contributed by atoms with E-state index in [9.17, 15) is 13.2 Å². The zero-order valence-corrected chi connectivity index (χ0v) is 11.1. The Kier molecular flexibility index (Phi) is 4.13. The average Bonchev–Trinajstić information content (AvgIpc) is 2.47. The fourth-order valence-electron chi connectivity index (χ4n) is 1.92. The molecule has 0 spiro atoms. The standard InChI is InChI=1S/C15H12F3N3/c1-10(14-4-2-3-7-20-14)21-12-6-5-11(9-19)13(8-12)15(16,17)18/h2-8,10,21H,1H3. The van der Waals surface area contributed by atoms with Gasteiger partial charge >= 0.3 is 6.18 Å². The Morgan fingerprint density at radius 1 is 1.24 bits per heavy atom. The van der Waals surface area contributed by atoms with Gasteiger partial charge in [-0.05, 0) is 37.3 Å². The molecule has 2 rings (SSSR count). The largest absolute Gasteiger partial charge is 0.417 e. The first-order chi connectivity index (χ1) is 9.91. The smallest absolute Gasteiger partial charge is 0.377 e. The van der Waals surface area contributed by atoms with Crippen molar-refractivity contribution in [3.05, 3.63) is 59.4 Å². The third-order valence-corrected chi connectivity index (χ3v) is 2.96. The lowest BCUT2D eigenvalue weighted by Crippen LogP contribution is -2.11. The number of aromatic nitrogens is 1. The van der Waals surface area contributed by atoms with Crippen LogP contribution in [0.5, 0.6) is 0 Å². The van der Waals surface area contributed by atoms with E-state index in [1.165, 1.54) is 6.07 Å². The van der Waals surface area contributed by atoms with Gasteiger partial charge in [0.25, 0.3) is 0 Å². The van der Waals surface area contributed by atoms with Crippen molar-refractivity contribution in [3.8, 4) is 6.07 Å². The first-order valence-electron chi connectivity index (χ1n) is 6.20. The van der Waals surface area contributed by atoms with Crippen molar-refractivity contribution in [1.29, 1.82) is 5.26 Å². The molecule has 0 fully saturated rings. The molecule has 0 saturated heterocycles. The topological polar surface area (TPSA) is 48.7 Å². The number of nitrogens with zero attached hydrogens (tertiary/aromatic N) is 2. The Bertz CT molecular complexity index is 660. The van der Waals surface area contributed by atoms with Crippen LogP contribution in [0.25, 0.3) is 0 Å². The lowest BCUT2D eigenvalue weighted by Gasteiger charge is -2.16. The Morgan fingerprint density at radius 3 is 2.57 bits per heavy atom. The molecule has 21 heavy (non-hydrogen) atoms. The van der Waals surface area contributed by atoms with Gasteiger partial charge in [-0.2, -0.15) is 18.4 Å². The maximum absolute atomic E-state index is 12.9. The summed E-state index contributed by atoms with van der Waals surface area (Å²) < 4.78 is 38.7. The summed E-state index contributed by atoms with van der Waals surface area (Å²) in [4.78, 5) is 4.14. The highest BCUT2D eigenvalue weighted by atomic mass is 19.4. The lowest BCUT2D eigenvalue weighted by molar-refractivity contribution is -0.137. The predicted molar refractivity (Wildman–Crippen MR) is 72.4 cm³/mol. The zero-order valence-electron chi connectivity index (χ0n) is 11.1. The van der Waals surface area contributed by atoms with Gasteiger partial charge in [0.05, 0.1) is 28.9 Å². The van der Waals surface area contributed by atoms with Crippen molar-refractivity contribution in [2.45, 2.75) is 19.1 Å². The SMILES string of the molecule is CC(Nc1ccc(C#N)c(C(F)(F)F)c1)c1ccccn1. The van der Waals surface area contributed by atoms with Crippen LogP contribution >= 0.6 is 0 Å². The lowest BCUT2D eigenvalue weighted by atomic mass is 10.1. The van der Waals surface area contributed by atoms with E-state index in [2.05, 4.69) is 10.3 Å². The van der Waals surface area contributed by atoms with Crippen LogP contribution in [0.15, 0.2) is 42.6 Å². The molecule has 0 bridgehead atoms. The summed E-state index contributed by atoms with van der Waals surface area (Å²) in [5.41, 5.74) is -0.323. The molecular weight excluding hydrogens is 279 g/mol. The Labute approximate surface area is 120 Å². The summed E-state index contributed by atoms with van der Waals surface area (Å²) in [5.74, 6) is 0. The normalized spacial score (nSPS) is 12.5. The van der Waals surface area contributed by atoms with Crippen LogP contribution in [0.1, 0.15) is 29.8 Å². The Hall–Kier alpha value is -2.55. The van der Waals surface area contributed by atoms with E-state index in [4.69, 9.17) is 5.26 Å². The first kappa shape index (κ1) is 14.9. The predicted octanol–water partition coefficient (Wildman–Crippen LogP) is 4.15. The molecule has 0 saturated carbocycles. The van der Waals surface area contributed by atoms with Gasteiger partial charge in [0.1, 0.15) is 0 Å². The quantitative estimate of drug-likeness (QED) is 0.924. The van der Waals surface area contributed by atoms with Crippen molar-refractivity contribution in [1.82, 2.24) is 4.98 Å². The van der Waals surface area contributed by atoms with E-state index in [1.54, 1.807) is 37.4 Å². The molecule has 1 N–H and O–H groups in total. The van der Waals surface area contributed by atoms with E-state index in [-0.39, 0.29) is 6.04 Å². The van der Waals surface area contributed by atoms with Crippen molar-refractivity contribution in [2.24, 2.45) is 0 Å². The third-order valence-electron chi connectivity index (χ3n) is 2.96. The minimum absolute atomic E-state index is 0.250. The number of anilines is 1. The second-order valence-electron chi connectivity index (χ2n) is 4.49. The van der Waals surface area contributed by atoms with Gasteiger partial charge < -0.3 is 5.32 Å². The Morgan fingerprint density at radius 2 is 2.00 bits per heavy atom. The summed E-state index contributed by atoms with van der Waals surface area (Å²) in [5, 5.41) is 11.7. The second kappa shape index (κ2) is 5.83. The molecule has 3 nitrogen and oxygen atoms in total. The molecule has 1 heterocycles. The minimum atomic E-state index is -4.56. The number of hydrogen-bond donors (Lipinski definition) is 1. The van der Waals surface area contributed by atoms with Gasteiger partial charge in [0.15, 0.2) is 0 Å². The molecule has 0 aliphatic rings. The van der Waals surface area contributed by atoms with Crippen LogP contribution in [0, 0.1) is 11.3 Å². The molecule has 0 radical (unpaired) electrons. The number of rotatable bonds is 3. The number of alkyl halides is 3. The second-order valence-corrected chi connectivity index (χ2v) is 4.49. The fraction of sp³-hybridized carbons (Fsp3) is 0.200. The summed E-state index contributed by atoms with van der Waals surface area (Å²) >= 11 is 0.